The Morgan fingerprint density at radius 3 is 2.38 bits per heavy atom. The van der Waals surface area contributed by atoms with Gasteiger partial charge in [-0.1, -0.05) is 12.8 Å². The molecular weight excluding hydrogens is 206 g/mol. The second-order valence-corrected chi connectivity index (χ2v) is 5.13. The second kappa shape index (κ2) is 4.07. The summed E-state index contributed by atoms with van der Waals surface area (Å²) in [5.74, 6) is -0.432. The lowest BCUT2D eigenvalue weighted by Crippen LogP contribution is -2.41. The predicted molar refractivity (Wildman–Crippen MR) is 58.9 cm³/mol. The summed E-state index contributed by atoms with van der Waals surface area (Å²) in [4.78, 5) is 24.5. The number of aliphatic carboxylic acids is 1. The Labute approximate surface area is 95.6 Å². The van der Waals surface area contributed by atoms with Gasteiger partial charge in [-0.05, 0) is 25.2 Å². The van der Waals surface area contributed by atoms with E-state index in [9.17, 15) is 14.7 Å². The smallest absolute Gasteiger partial charge is 0.311 e. The zero-order chi connectivity index (χ0) is 11.8. The van der Waals surface area contributed by atoms with Crippen LogP contribution in [0, 0.1) is 11.3 Å². The molecule has 1 heterocycles. The Hall–Kier alpha value is -1.06. The van der Waals surface area contributed by atoms with Gasteiger partial charge < -0.3 is 10.0 Å². The van der Waals surface area contributed by atoms with E-state index in [1.165, 1.54) is 6.92 Å². The normalized spacial score (nSPS) is 30.9. The first kappa shape index (κ1) is 11.4. The van der Waals surface area contributed by atoms with Crippen LogP contribution in [0.3, 0.4) is 0 Å². The van der Waals surface area contributed by atoms with Gasteiger partial charge in [0.2, 0.25) is 5.91 Å². The fourth-order valence-electron chi connectivity index (χ4n) is 3.26. The molecule has 2 fully saturated rings. The number of likely N-dealkylation sites (tertiary alicyclic amines) is 1. The van der Waals surface area contributed by atoms with Gasteiger partial charge >= 0.3 is 5.97 Å². The fourth-order valence-corrected chi connectivity index (χ4v) is 3.26. The zero-order valence-electron chi connectivity index (χ0n) is 9.74. The molecule has 1 unspecified atom stereocenters. The van der Waals surface area contributed by atoms with Crippen LogP contribution in [-0.4, -0.2) is 35.0 Å². The maximum atomic E-state index is 11.5. The van der Waals surface area contributed by atoms with Crippen LogP contribution in [0.5, 0.6) is 0 Å². The van der Waals surface area contributed by atoms with Gasteiger partial charge in [0, 0.05) is 20.0 Å². The first-order valence-corrected chi connectivity index (χ1v) is 6.05. The molecular formula is C12H19NO3. The average molecular weight is 225 g/mol. The van der Waals surface area contributed by atoms with Crippen LogP contribution in [-0.2, 0) is 9.59 Å². The summed E-state index contributed by atoms with van der Waals surface area (Å²) in [6.45, 7) is 2.55. The monoisotopic (exact) mass is 225 g/mol. The summed E-state index contributed by atoms with van der Waals surface area (Å²) in [6, 6.07) is 0. The molecule has 2 rings (SSSR count). The second-order valence-electron chi connectivity index (χ2n) is 5.13. The van der Waals surface area contributed by atoms with Gasteiger partial charge in [-0.2, -0.15) is 0 Å². The molecule has 0 spiro atoms. The van der Waals surface area contributed by atoms with E-state index in [0.29, 0.717) is 19.5 Å². The molecule has 0 bridgehead atoms. The lowest BCUT2D eigenvalue weighted by molar-refractivity contribution is -0.152. The molecule has 1 aliphatic heterocycles. The highest BCUT2D eigenvalue weighted by Gasteiger charge is 2.51. The van der Waals surface area contributed by atoms with Gasteiger partial charge in [0.1, 0.15) is 0 Å². The van der Waals surface area contributed by atoms with E-state index in [1.807, 2.05) is 0 Å². The number of carbonyl (C=O) groups is 2. The van der Waals surface area contributed by atoms with Crippen molar-refractivity contribution in [2.24, 2.45) is 11.3 Å². The van der Waals surface area contributed by atoms with Crippen LogP contribution in [0.2, 0.25) is 0 Å². The van der Waals surface area contributed by atoms with E-state index >= 15 is 0 Å². The molecule has 2 aliphatic rings. The standard InChI is InChI=1S/C12H19NO3/c1-9(14)13-7-6-12(8-13,11(15)16)10-4-2-3-5-10/h10H,2-8H2,1H3,(H,15,16). The van der Waals surface area contributed by atoms with Crippen LogP contribution in [0.25, 0.3) is 0 Å². The molecule has 90 valence electrons. The highest BCUT2D eigenvalue weighted by Crippen LogP contribution is 2.46. The summed E-state index contributed by atoms with van der Waals surface area (Å²) in [5, 5.41) is 9.49. The van der Waals surface area contributed by atoms with Crippen LogP contribution < -0.4 is 0 Å². The third kappa shape index (κ3) is 1.70. The summed E-state index contributed by atoms with van der Waals surface area (Å²) >= 11 is 0. The average Bonchev–Trinajstić information content (AvgIpc) is 2.87. The molecule has 0 aromatic rings. The Kier molecular flexibility index (Phi) is 2.91. The van der Waals surface area contributed by atoms with Crippen molar-refractivity contribution in [2.45, 2.75) is 39.0 Å². The molecule has 1 atom stereocenters. The van der Waals surface area contributed by atoms with E-state index in [0.717, 1.165) is 25.7 Å². The molecule has 1 aliphatic carbocycles. The first-order valence-electron chi connectivity index (χ1n) is 6.05. The number of hydrogen-bond acceptors (Lipinski definition) is 2. The Morgan fingerprint density at radius 1 is 1.31 bits per heavy atom. The lowest BCUT2D eigenvalue weighted by Gasteiger charge is -2.30. The summed E-state index contributed by atoms with van der Waals surface area (Å²) in [6.07, 6.45) is 4.93. The maximum absolute atomic E-state index is 11.5. The Morgan fingerprint density at radius 2 is 1.94 bits per heavy atom. The maximum Gasteiger partial charge on any atom is 0.311 e. The minimum absolute atomic E-state index is 0.00104. The Balaban J connectivity index is 2.18. The summed E-state index contributed by atoms with van der Waals surface area (Å²) in [7, 11) is 0. The molecule has 0 aromatic carbocycles. The minimum Gasteiger partial charge on any atom is -0.481 e. The van der Waals surface area contributed by atoms with E-state index in [1.54, 1.807) is 4.90 Å². The molecule has 1 amide bonds. The number of carboxylic acids is 1. The van der Waals surface area contributed by atoms with Crippen molar-refractivity contribution in [3.05, 3.63) is 0 Å². The number of carbonyl (C=O) groups excluding carboxylic acids is 1. The largest absolute Gasteiger partial charge is 0.481 e. The quantitative estimate of drug-likeness (QED) is 0.774. The number of nitrogens with zero attached hydrogens (tertiary/aromatic N) is 1. The SMILES string of the molecule is CC(=O)N1CCC(C(=O)O)(C2CCCC2)C1. The van der Waals surface area contributed by atoms with Crippen LogP contribution in [0.15, 0.2) is 0 Å². The third-order valence-electron chi connectivity index (χ3n) is 4.31. The van der Waals surface area contributed by atoms with E-state index < -0.39 is 11.4 Å². The molecule has 1 N–H and O–H groups in total. The number of hydrogen-bond donors (Lipinski definition) is 1. The molecule has 16 heavy (non-hydrogen) atoms. The lowest BCUT2D eigenvalue weighted by atomic mass is 9.73. The molecule has 0 radical (unpaired) electrons. The van der Waals surface area contributed by atoms with Crippen molar-refractivity contribution < 1.29 is 14.7 Å². The molecule has 4 nitrogen and oxygen atoms in total. The van der Waals surface area contributed by atoms with Crippen LogP contribution >= 0.6 is 0 Å². The highest BCUT2D eigenvalue weighted by atomic mass is 16.4. The third-order valence-corrected chi connectivity index (χ3v) is 4.31. The van der Waals surface area contributed by atoms with Gasteiger partial charge in [-0.15, -0.1) is 0 Å². The zero-order valence-corrected chi connectivity index (χ0v) is 9.74. The van der Waals surface area contributed by atoms with Gasteiger partial charge in [0.25, 0.3) is 0 Å². The van der Waals surface area contributed by atoms with Crippen molar-refractivity contribution in [3.63, 3.8) is 0 Å². The number of carboxylic acid groups (broad SMARTS) is 1. The Bertz CT molecular complexity index is 309. The molecule has 1 saturated carbocycles. The minimum atomic E-state index is -0.705. The van der Waals surface area contributed by atoms with Gasteiger partial charge in [0.15, 0.2) is 0 Å². The van der Waals surface area contributed by atoms with Gasteiger partial charge in [0.05, 0.1) is 5.41 Å². The number of rotatable bonds is 2. The molecule has 0 aromatic heterocycles. The number of amides is 1. The molecule has 1 saturated heterocycles. The van der Waals surface area contributed by atoms with Crippen molar-refractivity contribution in [3.8, 4) is 0 Å². The summed E-state index contributed by atoms with van der Waals surface area (Å²) < 4.78 is 0. The van der Waals surface area contributed by atoms with E-state index in [-0.39, 0.29) is 11.8 Å². The fraction of sp³-hybridized carbons (Fsp3) is 0.833. The molecule has 4 heteroatoms. The van der Waals surface area contributed by atoms with E-state index in [2.05, 4.69) is 0 Å². The van der Waals surface area contributed by atoms with Gasteiger partial charge in [-0.3, -0.25) is 9.59 Å². The van der Waals surface area contributed by atoms with Crippen LogP contribution in [0.1, 0.15) is 39.0 Å². The van der Waals surface area contributed by atoms with Gasteiger partial charge in [-0.25, -0.2) is 0 Å². The highest BCUT2D eigenvalue weighted by molar-refractivity contribution is 5.79. The van der Waals surface area contributed by atoms with Crippen LogP contribution in [0.4, 0.5) is 0 Å². The van der Waals surface area contributed by atoms with Crippen molar-refractivity contribution in [1.29, 1.82) is 0 Å². The first-order chi connectivity index (χ1) is 7.56. The predicted octanol–water partition coefficient (Wildman–Crippen LogP) is 1.50. The van der Waals surface area contributed by atoms with Crippen molar-refractivity contribution in [2.75, 3.05) is 13.1 Å². The topological polar surface area (TPSA) is 57.6 Å². The summed E-state index contributed by atoms with van der Waals surface area (Å²) in [5.41, 5.74) is -0.651. The van der Waals surface area contributed by atoms with Crippen molar-refractivity contribution >= 4 is 11.9 Å². The van der Waals surface area contributed by atoms with E-state index in [4.69, 9.17) is 0 Å². The van der Waals surface area contributed by atoms with Crippen molar-refractivity contribution in [1.82, 2.24) is 4.90 Å².